The van der Waals surface area contributed by atoms with Crippen LogP contribution in [-0.4, -0.2) is 22.0 Å². The molecule has 16 heavy (non-hydrogen) atoms. The van der Waals surface area contributed by atoms with Crippen LogP contribution in [0.1, 0.15) is 18.4 Å². The van der Waals surface area contributed by atoms with Gasteiger partial charge in [-0.1, -0.05) is 22.0 Å². The summed E-state index contributed by atoms with van der Waals surface area (Å²) in [5.74, 6) is -1.25. The van der Waals surface area contributed by atoms with Gasteiger partial charge in [-0.05, 0) is 12.1 Å². The van der Waals surface area contributed by atoms with Crippen molar-refractivity contribution in [3.05, 3.63) is 28.2 Å². The Labute approximate surface area is 100 Å². The van der Waals surface area contributed by atoms with Gasteiger partial charge in [0.05, 0.1) is 0 Å². The third-order valence-electron chi connectivity index (χ3n) is 2.88. The van der Waals surface area contributed by atoms with Crippen LogP contribution in [0.25, 0.3) is 0 Å². The first kappa shape index (κ1) is 11.1. The molecule has 0 unspecified atom stereocenters. The Balaban J connectivity index is 2.49. The molecule has 1 fully saturated rings. The molecule has 1 aromatic carbocycles. The molecule has 1 aromatic rings. The largest absolute Gasteiger partial charge is 0.508 e. The summed E-state index contributed by atoms with van der Waals surface area (Å²) in [4.78, 5) is 22.2. The number of carbonyl (C=O) groups is 2. The number of phenolic OH excluding ortho intramolecular Hbond substituents is 1. The zero-order valence-electron chi connectivity index (χ0n) is 8.24. The summed E-state index contributed by atoms with van der Waals surface area (Å²) < 4.78 is 0.667. The number of phenols is 1. The normalized spacial score (nSPS) is 17.9. The molecule has 0 aliphatic heterocycles. The van der Waals surface area contributed by atoms with E-state index in [9.17, 15) is 19.8 Å². The molecule has 0 saturated heterocycles. The maximum atomic E-state index is 11.2. The van der Waals surface area contributed by atoms with E-state index in [-0.39, 0.29) is 24.4 Å². The molecular weight excluding hydrogens is 276 g/mol. The van der Waals surface area contributed by atoms with E-state index in [2.05, 4.69) is 15.9 Å². The Morgan fingerprint density at radius 2 is 2.00 bits per heavy atom. The van der Waals surface area contributed by atoms with Gasteiger partial charge in [0.2, 0.25) is 0 Å². The minimum atomic E-state index is -1.23. The van der Waals surface area contributed by atoms with Crippen molar-refractivity contribution >= 4 is 27.7 Å². The standard InChI is InChI=1S/C11H9BrO4/c12-6-1-2-8(9(14)3-6)11(10(15)16)4-7(13)5-11/h1-3,14H,4-5H2,(H,15,16). The highest BCUT2D eigenvalue weighted by Gasteiger charge is 2.52. The summed E-state index contributed by atoms with van der Waals surface area (Å²) in [6, 6.07) is 4.63. The summed E-state index contributed by atoms with van der Waals surface area (Å²) in [5.41, 5.74) is -0.926. The van der Waals surface area contributed by atoms with Crippen molar-refractivity contribution < 1.29 is 19.8 Å². The summed E-state index contributed by atoms with van der Waals surface area (Å²) in [6.45, 7) is 0. The number of carbonyl (C=O) groups excluding carboxylic acids is 1. The molecule has 0 amide bonds. The van der Waals surface area contributed by atoms with E-state index in [0.29, 0.717) is 10.0 Å². The van der Waals surface area contributed by atoms with Gasteiger partial charge in [-0.25, -0.2) is 0 Å². The molecule has 84 valence electrons. The number of benzene rings is 1. The second-order valence-corrected chi connectivity index (χ2v) is 4.86. The lowest BCUT2D eigenvalue weighted by Crippen LogP contribution is -2.48. The van der Waals surface area contributed by atoms with Gasteiger partial charge in [0.15, 0.2) is 0 Å². The molecular formula is C11H9BrO4. The number of aliphatic carboxylic acids is 1. The minimum absolute atomic E-state index is 0.0441. The zero-order valence-corrected chi connectivity index (χ0v) is 9.82. The zero-order chi connectivity index (χ0) is 11.9. The van der Waals surface area contributed by atoms with Crippen molar-refractivity contribution in [2.45, 2.75) is 18.3 Å². The third-order valence-corrected chi connectivity index (χ3v) is 3.38. The van der Waals surface area contributed by atoms with Crippen molar-refractivity contribution in [1.82, 2.24) is 0 Å². The fraction of sp³-hybridized carbons (Fsp3) is 0.273. The van der Waals surface area contributed by atoms with Crippen molar-refractivity contribution in [3.8, 4) is 5.75 Å². The van der Waals surface area contributed by atoms with E-state index in [1.54, 1.807) is 12.1 Å². The highest BCUT2D eigenvalue weighted by molar-refractivity contribution is 9.10. The van der Waals surface area contributed by atoms with Gasteiger partial charge in [-0.2, -0.15) is 0 Å². The van der Waals surface area contributed by atoms with Crippen LogP contribution in [0.15, 0.2) is 22.7 Å². The second kappa shape index (κ2) is 3.59. The average Bonchev–Trinajstić information content (AvgIpc) is 2.12. The Hall–Kier alpha value is -1.36. The number of hydrogen-bond acceptors (Lipinski definition) is 3. The predicted molar refractivity (Wildman–Crippen MR) is 59.4 cm³/mol. The lowest BCUT2D eigenvalue weighted by atomic mass is 9.63. The van der Waals surface area contributed by atoms with Crippen LogP contribution in [0.5, 0.6) is 5.75 Å². The van der Waals surface area contributed by atoms with Gasteiger partial charge in [-0.3, -0.25) is 9.59 Å². The molecule has 4 nitrogen and oxygen atoms in total. The van der Waals surface area contributed by atoms with E-state index in [1.807, 2.05) is 0 Å². The molecule has 2 N–H and O–H groups in total. The van der Waals surface area contributed by atoms with Gasteiger partial charge in [0.1, 0.15) is 16.9 Å². The number of carboxylic acids is 1. The number of Topliss-reactive ketones (excluding diaryl/α,β-unsaturated/α-hetero) is 1. The molecule has 5 heteroatoms. The Morgan fingerprint density at radius 1 is 1.38 bits per heavy atom. The van der Waals surface area contributed by atoms with Crippen LogP contribution in [0, 0.1) is 0 Å². The van der Waals surface area contributed by atoms with Gasteiger partial charge in [0.25, 0.3) is 0 Å². The highest BCUT2D eigenvalue weighted by Crippen LogP contribution is 2.45. The predicted octanol–water partition coefficient (Wildman–Crippen LogP) is 1.84. The first-order valence-electron chi connectivity index (χ1n) is 4.70. The molecule has 0 atom stereocenters. The molecule has 0 aromatic heterocycles. The van der Waals surface area contributed by atoms with Crippen molar-refractivity contribution in [2.75, 3.05) is 0 Å². The number of halogens is 1. The molecule has 0 bridgehead atoms. The molecule has 1 saturated carbocycles. The van der Waals surface area contributed by atoms with Gasteiger partial charge in [0, 0.05) is 22.9 Å². The van der Waals surface area contributed by atoms with E-state index in [0.717, 1.165) is 0 Å². The second-order valence-electron chi connectivity index (χ2n) is 3.94. The van der Waals surface area contributed by atoms with E-state index in [1.165, 1.54) is 6.07 Å². The van der Waals surface area contributed by atoms with Crippen LogP contribution >= 0.6 is 15.9 Å². The van der Waals surface area contributed by atoms with Crippen molar-refractivity contribution in [3.63, 3.8) is 0 Å². The first-order chi connectivity index (χ1) is 7.45. The molecule has 0 heterocycles. The molecule has 2 rings (SSSR count). The summed E-state index contributed by atoms with van der Waals surface area (Å²) in [5, 5.41) is 18.9. The molecule has 0 spiro atoms. The monoisotopic (exact) mass is 284 g/mol. The van der Waals surface area contributed by atoms with E-state index in [4.69, 9.17) is 0 Å². The van der Waals surface area contributed by atoms with E-state index < -0.39 is 11.4 Å². The molecule has 0 radical (unpaired) electrons. The molecule has 1 aliphatic rings. The number of hydrogen-bond donors (Lipinski definition) is 2. The summed E-state index contributed by atoms with van der Waals surface area (Å²) in [7, 11) is 0. The minimum Gasteiger partial charge on any atom is -0.508 e. The number of carboxylic acid groups (broad SMARTS) is 1. The van der Waals surface area contributed by atoms with Crippen LogP contribution in [0.3, 0.4) is 0 Å². The first-order valence-corrected chi connectivity index (χ1v) is 5.49. The Kier molecular flexibility index (Phi) is 2.50. The Bertz CT molecular complexity index is 473. The maximum absolute atomic E-state index is 11.2. The van der Waals surface area contributed by atoms with Crippen molar-refractivity contribution in [1.29, 1.82) is 0 Å². The van der Waals surface area contributed by atoms with Crippen LogP contribution in [-0.2, 0) is 15.0 Å². The maximum Gasteiger partial charge on any atom is 0.315 e. The SMILES string of the molecule is O=C1CC(C(=O)O)(c2ccc(Br)cc2O)C1. The number of rotatable bonds is 2. The van der Waals surface area contributed by atoms with Crippen LogP contribution < -0.4 is 0 Å². The van der Waals surface area contributed by atoms with Crippen LogP contribution in [0.2, 0.25) is 0 Å². The number of aromatic hydroxyl groups is 1. The van der Waals surface area contributed by atoms with E-state index >= 15 is 0 Å². The fourth-order valence-corrected chi connectivity index (χ4v) is 2.34. The topological polar surface area (TPSA) is 74.6 Å². The summed E-state index contributed by atoms with van der Waals surface area (Å²) >= 11 is 3.18. The smallest absolute Gasteiger partial charge is 0.315 e. The highest BCUT2D eigenvalue weighted by atomic mass is 79.9. The quantitative estimate of drug-likeness (QED) is 0.869. The lowest BCUT2D eigenvalue weighted by Gasteiger charge is -2.36. The van der Waals surface area contributed by atoms with Gasteiger partial charge >= 0.3 is 5.97 Å². The third kappa shape index (κ3) is 1.51. The average molecular weight is 285 g/mol. The Morgan fingerprint density at radius 3 is 2.44 bits per heavy atom. The fourth-order valence-electron chi connectivity index (χ4n) is 1.99. The number of ketones is 1. The van der Waals surface area contributed by atoms with Crippen molar-refractivity contribution in [2.24, 2.45) is 0 Å². The van der Waals surface area contributed by atoms with Crippen LogP contribution in [0.4, 0.5) is 0 Å². The van der Waals surface area contributed by atoms with Gasteiger partial charge in [-0.15, -0.1) is 0 Å². The summed E-state index contributed by atoms with van der Waals surface area (Å²) in [6.07, 6.45) is -0.0882. The van der Waals surface area contributed by atoms with Gasteiger partial charge < -0.3 is 10.2 Å². The molecule has 1 aliphatic carbocycles. The lowest BCUT2D eigenvalue weighted by molar-refractivity contribution is -0.153.